The van der Waals surface area contributed by atoms with Crippen molar-refractivity contribution in [3.05, 3.63) is 27.2 Å². The first-order chi connectivity index (χ1) is 8.90. The third kappa shape index (κ3) is 3.08. The lowest BCUT2D eigenvalue weighted by Crippen LogP contribution is -2.06. The highest BCUT2D eigenvalue weighted by Gasteiger charge is 2.13. The van der Waals surface area contributed by atoms with Crippen molar-refractivity contribution >= 4 is 39.2 Å². The van der Waals surface area contributed by atoms with Gasteiger partial charge in [0, 0.05) is 12.1 Å². The molecular weight excluding hydrogens is 327 g/mol. The standard InChI is InChI=1S/C14H18BrFN2S/c1-8(2)4-5-9(3)18-13-6-10(15)11(16)7-12(13)17-14(18)19/h6-9H,4-5H2,1-3H3,(H,17,19). The molecule has 1 aromatic heterocycles. The van der Waals surface area contributed by atoms with Crippen molar-refractivity contribution in [3.8, 4) is 0 Å². The molecule has 5 heteroatoms. The summed E-state index contributed by atoms with van der Waals surface area (Å²) in [5, 5.41) is 0. The monoisotopic (exact) mass is 344 g/mol. The first-order valence-electron chi connectivity index (χ1n) is 6.49. The number of nitrogens with zero attached hydrogens (tertiary/aromatic N) is 1. The quantitative estimate of drug-likeness (QED) is 0.716. The summed E-state index contributed by atoms with van der Waals surface area (Å²) in [4.78, 5) is 3.08. The summed E-state index contributed by atoms with van der Waals surface area (Å²) in [5.41, 5.74) is 1.71. The summed E-state index contributed by atoms with van der Waals surface area (Å²) in [7, 11) is 0. The molecule has 0 amide bonds. The van der Waals surface area contributed by atoms with Gasteiger partial charge in [0.15, 0.2) is 4.77 Å². The summed E-state index contributed by atoms with van der Waals surface area (Å²) >= 11 is 8.60. The van der Waals surface area contributed by atoms with Crippen LogP contribution in [0.2, 0.25) is 0 Å². The van der Waals surface area contributed by atoms with Gasteiger partial charge in [-0.25, -0.2) is 4.39 Å². The van der Waals surface area contributed by atoms with Crippen LogP contribution in [0.5, 0.6) is 0 Å². The van der Waals surface area contributed by atoms with E-state index in [1.165, 1.54) is 6.07 Å². The zero-order valence-corrected chi connectivity index (χ0v) is 13.7. The Labute approximate surface area is 126 Å². The van der Waals surface area contributed by atoms with Crippen molar-refractivity contribution in [2.24, 2.45) is 5.92 Å². The van der Waals surface area contributed by atoms with Crippen molar-refractivity contribution in [2.45, 2.75) is 39.7 Å². The van der Waals surface area contributed by atoms with Gasteiger partial charge in [0.2, 0.25) is 0 Å². The van der Waals surface area contributed by atoms with E-state index in [-0.39, 0.29) is 5.82 Å². The zero-order valence-electron chi connectivity index (χ0n) is 11.3. The summed E-state index contributed by atoms with van der Waals surface area (Å²) in [6.07, 6.45) is 2.21. The molecule has 2 rings (SSSR count). The second kappa shape index (κ2) is 5.75. The maximum Gasteiger partial charge on any atom is 0.178 e. The minimum atomic E-state index is -0.272. The minimum absolute atomic E-state index is 0.272. The maximum absolute atomic E-state index is 13.5. The van der Waals surface area contributed by atoms with Crippen LogP contribution in [-0.2, 0) is 0 Å². The maximum atomic E-state index is 13.5. The predicted molar refractivity (Wildman–Crippen MR) is 83.6 cm³/mol. The molecular formula is C14H18BrFN2S. The van der Waals surface area contributed by atoms with E-state index in [1.54, 1.807) is 6.07 Å². The first kappa shape index (κ1) is 14.7. The molecule has 1 aromatic carbocycles. The molecule has 19 heavy (non-hydrogen) atoms. The average Bonchev–Trinajstić information content (AvgIpc) is 2.62. The summed E-state index contributed by atoms with van der Waals surface area (Å²) in [5.74, 6) is 0.400. The molecule has 0 aliphatic carbocycles. The van der Waals surface area contributed by atoms with Gasteiger partial charge in [-0.3, -0.25) is 0 Å². The summed E-state index contributed by atoms with van der Waals surface area (Å²) in [6.45, 7) is 6.59. The Morgan fingerprint density at radius 2 is 2.00 bits per heavy atom. The number of rotatable bonds is 4. The van der Waals surface area contributed by atoms with Gasteiger partial charge in [-0.2, -0.15) is 0 Å². The van der Waals surface area contributed by atoms with Gasteiger partial charge in [-0.15, -0.1) is 0 Å². The van der Waals surface area contributed by atoms with E-state index >= 15 is 0 Å². The molecule has 0 saturated carbocycles. The zero-order chi connectivity index (χ0) is 14.2. The Balaban J connectivity index is 2.45. The lowest BCUT2D eigenvalue weighted by atomic mass is 10.0. The molecule has 2 aromatic rings. The second-order valence-corrected chi connectivity index (χ2v) is 6.64. The molecule has 1 N–H and O–H groups in total. The summed E-state index contributed by atoms with van der Waals surface area (Å²) in [6, 6.07) is 3.59. The molecule has 0 saturated heterocycles. The lowest BCUT2D eigenvalue weighted by molar-refractivity contribution is 0.443. The van der Waals surface area contributed by atoms with Crippen molar-refractivity contribution in [2.75, 3.05) is 0 Å². The SMILES string of the molecule is CC(C)CCC(C)n1c(=S)[nH]c2cc(F)c(Br)cc21. The van der Waals surface area contributed by atoms with Gasteiger partial charge in [0.25, 0.3) is 0 Å². The lowest BCUT2D eigenvalue weighted by Gasteiger charge is -2.16. The molecule has 0 bridgehead atoms. The molecule has 1 heterocycles. The number of imidazole rings is 1. The first-order valence-corrected chi connectivity index (χ1v) is 7.69. The van der Waals surface area contributed by atoms with Crippen molar-refractivity contribution in [1.29, 1.82) is 0 Å². The molecule has 1 unspecified atom stereocenters. The van der Waals surface area contributed by atoms with Gasteiger partial charge in [0.1, 0.15) is 5.82 Å². The topological polar surface area (TPSA) is 20.7 Å². The molecule has 0 aliphatic rings. The number of aromatic amines is 1. The summed E-state index contributed by atoms with van der Waals surface area (Å²) < 4.78 is 16.7. The minimum Gasteiger partial charge on any atom is -0.330 e. The largest absolute Gasteiger partial charge is 0.330 e. The van der Waals surface area contributed by atoms with Gasteiger partial charge in [-0.05, 0) is 59.9 Å². The number of halogens is 2. The fraction of sp³-hybridized carbons (Fsp3) is 0.500. The molecule has 104 valence electrons. The van der Waals surface area contributed by atoms with Crippen LogP contribution in [-0.4, -0.2) is 9.55 Å². The van der Waals surface area contributed by atoms with Gasteiger partial charge >= 0.3 is 0 Å². The van der Waals surface area contributed by atoms with E-state index < -0.39 is 0 Å². The van der Waals surface area contributed by atoms with E-state index in [1.807, 2.05) is 0 Å². The second-order valence-electron chi connectivity index (χ2n) is 5.40. The van der Waals surface area contributed by atoms with Gasteiger partial charge in [-0.1, -0.05) is 13.8 Å². The molecule has 0 radical (unpaired) electrons. The predicted octanol–water partition coefficient (Wildman–Crippen LogP) is 5.60. The molecule has 1 atom stereocenters. The number of fused-ring (bicyclic) bond motifs is 1. The van der Waals surface area contributed by atoms with Gasteiger partial charge < -0.3 is 9.55 Å². The Kier molecular flexibility index (Phi) is 4.46. The highest BCUT2D eigenvalue weighted by molar-refractivity contribution is 9.10. The average molecular weight is 345 g/mol. The number of H-pyrrole nitrogens is 1. The smallest absolute Gasteiger partial charge is 0.178 e. The fourth-order valence-electron chi connectivity index (χ4n) is 2.26. The molecule has 2 nitrogen and oxygen atoms in total. The van der Waals surface area contributed by atoms with Crippen LogP contribution < -0.4 is 0 Å². The van der Waals surface area contributed by atoms with Crippen LogP contribution in [0, 0.1) is 16.5 Å². The number of hydrogen-bond acceptors (Lipinski definition) is 1. The van der Waals surface area contributed by atoms with E-state index in [0.29, 0.717) is 21.2 Å². The van der Waals surface area contributed by atoms with Crippen LogP contribution >= 0.6 is 28.1 Å². The van der Waals surface area contributed by atoms with Crippen molar-refractivity contribution in [3.63, 3.8) is 0 Å². The van der Waals surface area contributed by atoms with E-state index in [2.05, 4.69) is 46.3 Å². The van der Waals surface area contributed by atoms with Crippen LogP contribution in [0.3, 0.4) is 0 Å². The van der Waals surface area contributed by atoms with Crippen molar-refractivity contribution in [1.82, 2.24) is 9.55 Å². The highest BCUT2D eigenvalue weighted by Crippen LogP contribution is 2.27. The molecule has 0 spiro atoms. The van der Waals surface area contributed by atoms with E-state index in [9.17, 15) is 4.39 Å². The van der Waals surface area contributed by atoms with Crippen molar-refractivity contribution < 1.29 is 4.39 Å². The van der Waals surface area contributed by atoms with Crippen LogP contribution in [0.1, 0.15) is 39.7 Å². The van der Waals surface area contributed by atoms with E-state index in [4.69, 9.17) is 12.2 Å². The number of benzene rings is 1. The highest BCUT2D eigenvalue weighted by atomic mass is 79.9. The molecule has 0 aliphatic heterocycles. The van der Waals surface area contributed by atoms with Crippen LogP contribution in [0.25, 0.3) is 11.0 Å². The fourth-order valence-corrected chi connectivity index (χ4v) is 2.98. The Hall–Kier alpha value is -0.680. The van der Waals surface area contributed by atoms with Crippen LogP contribution in [0.4, 0.5) is 4.39 Å². The third-order valence-electron chi connectivity index (χ3n) is 3.36. The number of hydrogen-bond donors (Lipinski definition) is 1. The number of aromatic nitrogens is 2. The normalized spacial score (nSPS) is 13.4. The Bertz CT molecular complexity index is 645. The van der Waals surface area contributed by atoms with Crippen LogP contribution in [0.15, 0.2) is 16.6 Å². The molecule has 0 fully saturated rings. The van der Waals surface area contributed by atoms with E-state index in [0.717, 1.165) is 23.9 Å². The Morgan fingerprint density at radius 1 is 1.32 bits per heavy atom. The third-order valence-corrected chi connectivity index (χ3v) is 4.27. The number of nitrogens with one attached hydrogen (secondary N) is 1. The van der Waals surface area contributed by atoms with Gasteiger partial charge in [0.05, 0.1) is 15.5 Å². The Morgan fingerprint density at radius 3 is 2.63 bits per heavy atom.